The Morgan fingerprint density at radius 3 is 2.32 bits per heavy atom. The molecule has 4 nitrogen and oxygen atoms in total. The fourth-order valence-electron chi connectivity index (χ4n) is 3.21. The molecule has 118 valence electrons. The van der Waals surface area contributed by atoms with Gasteiger partial charge in [-0.05, 0) is 29.4 Å². The van der Waals surface area contributed by atoms with Gasteiger partial charge in [0, 0.05) is 6.54 Å². The highest BCUT2D eigenvalue weighted by Crippen LogP contribution is 2.45. The molecule has 1 aliphatic rings. The predicted octanol–water partition coefficient (Wildman–Crippen LogP) is 2.59. The van der Waals surface area contributed by atoms with Crippen molar-refractivity contribution in [3.63, 3.8) is 0 Å². The maximum atomic E-state index is 12.2. The van der Waals surface area contributed by atoms with Crippen molar-refractivity contribution in [3.05, 3.63) is 42.0 Å². The van der Waals surface area contributed by atoms with E-state index in [0.717, 1.165) is 17.5 Å². The van der Waals surface area contributed by atoms with Gasteiger partial charge in [-0.3, -0.25) is 9.59 Å². The van der Waals surface area contributed by atoms with E-state index in [4.69, 9.17) is 0 Å². The van der Waals surface area contributed by atoms with Gasteiger partial charge in [0.05, 0.1) is 11.8 Å². The van der Waals surface area contributed by atoms with Crippen molar-refractivity contribution in [2.45, 2.75) is 20.3 Å². The third-order valence-corrected chi connectivity index (χ3v) is 4.87. The molecule has 2 rings (SSSR count). The second kappa shape index (κ2) is 6.77. The van der Waals surface area contributed by atoms with Crippen LogP contribution in [0.5, 0.6) is 0 Å². The van der Waals surface area contributed by atoms with E-state index in [1.165, 1.54) is 0 Å². The minimum atomic E-state index is -0.870. The first-order valence-electron chi connectivity index (χ1n) is 7.67. The molecule has 4 heteroatoms. The fourth-order valence-corrected chi connectivity index (χ4v) is 3.21. The Kier molecular flexibility index (Phi) is 5.01. The third kappa shape index (κ3) is 3.21. The summed E-state index contributed by atoms with van der Waals surface area (Å²) >= 11 is 0. The summed E-state index contributed by atoms with van der Waals surface area (Å²) in [5.41, 5.74) is 2.20. The van der Waals surface area contributed by atoms with Gasteiger partial charge in [0.2, 0.25) is 5.91 Å². The van der Waals surface area contributed by atoms with Crippen molar-refractivity contribution in [1.82, 2.24) is 5.32 Å². The molecule has 0 aromatic heterocycles. The number of carbonyl (C=O) groups is 2. The number of amides is 1. The molecule has 1 saturated carbocycles. The van der Waals surface area contributed by atoms with Crippen molar-refractivity contribution in [2.75, 3.05) is 6.54 Å². The normalized spacial score (nSPS) is 26.8. The van der Waals surface area contributed by atoms with Crippen molar-refractivity contribution in [2.24, 2.45) is 23.7 Å². The first-order valence-corrected chi connectivity index (χ1v) is 7.67. The lowest BCUT2D eigenvalue weighted by atomic mass is 9.57. The van der Waals surface area contributed by atoms with Crippen LogP contribution < -0.4 is 5.32 Å². The summed E-state index contributed by atoms with van der Waals surface area (Å²) in [6.45, 7) is 8.08. The van der Waals surface area contributed by atoms with Crippen LogP contribution in [-0.4, -0.2) is 23.5 Å². The summed E-state index contributed by atoms with van der Waals surface area (Å²) in [6, 6.07) is 8.00. The van der Waals surface area contributed by atoms with Gasteiger partial charge in [0.25, 0.3) is 0 Å². The van der Waals surface area contributed by atoms with Crippen LogP contribution in [0.25, 0.3) is 6.08 Å². The van der Waals surface area contributed by atoms with Crippen LogP contribution >= 0.6 is 0 Å². The Morgan fingerprint density at radius 1 is 1.18 bits per heavy atom. The SMILES string of the molecule is C=Cc1ccc(CCNC(=O)[C@H]2C(C)C(C)[C@H]2C(=O)O)cc1. The molecule has 1 amide bonds. The molecule has 4 atom stereocenters. The van der Waals surface area contributed by atoms with E-state index >= 15 is 0 Å². The minimum Gasteiger partial charge on any atom is -0.481 e. The molecule has 2 N–H and O–H groups in total. The Morgan fingerprint density at radius 2 is 1.77 bits per heavy atom. The molecule has 0 spiro atoms. The van der Waals surface area contributed by atoms with E-state index in [1.807, 2.05) is 38.1 Å². The largest absolute Gasteiger partial charge is 0.481 e. The van der Waals surface area contributed by atoms with Crippen molar-refractivity contribution in [1.29, 1.82) is 0 Å². The molecule has 0 bridgehead atoms. The maximum absolute atomic E-state index is 12.2. The van der Waals surface area contributed by atoms with Gasteiger partial charge in [-0.25, -0.2) is 0 Å². The standard InChI is InChI=1S/C18H23NO3/c1-4-13-5-7-14(8-6-13)9-10-19-17(20)15-11(2)12(3)16(15)18(21)22/h4-8,11-12,15-16H,1,9-10H2,2-3H3,(H,19,20)(H,21,22)/t11?,12?,15-,16+/m0/s1. The molecule has 1 fully saturated rings. The summed E-state index contributed by atoms with van der Waals surface area (Å²) in [4.78, 5) is 23.4. The number of aliphatic carboxylic acids is 1. The predicted molar refractivity (Wildman–Crippen MR) is 86.2 cm³/mol. The highest BCUT2D eigenvalue weighted by Gasteiger charge is 2.52. The summed E-state index contributed by atoms with van der Waals surface area (Å²) in [5.74, 6) is -1.79. The van der Waals surface area contributed by atoms with Crippen LogP contribution in [-0.2, 0) is 16.0 Å². The van der Waals surface area contributed by atoms with Crippen LogP contribution in [0, 0.1) is 23.7 Å². The molecule has 0 aliphatic heterocycles. The van der Waals surface area contributed by atoms with Crippen molar-refractivity contribution in [3.8, 4) is 0 Å². The number of rotatable bonds is 6. The molecule has 2 unspecified atom stereocenters. The lowest BCUT2D eigenvalue weighted by molar-refractivity contribution is -0.163. The van der Waals surface area contributed by atoms with Crippen LogP contribution in [0.3, 0.4) is 0 Å². The number of hydrogen-bond acceptors (Lipinski definition) is 2. The summed E-state index contributed by atoms with van der Waals surface area (Å²) in [7, 11) is 0. The van der Waals surface area contributed by atoms with Crippen LogP contribution in [0.1, 0.15) is 25.0 Å². The quantitative estimate of drug-likeness (QED) is 0.848. The maximum Gasteiger partial charge on any atom is 0.307 e. The minimum absolute atomic E-state index is 0.0553. The number of nitrogens with one attached hydrogen (secondary N) is 1. The lowest BCUT2D eigenvalue weighted by Crippen LogP contribution is -2.55. The molecular weight excluding hydrogens is 278 g/mol. The van der Waals surface area contributed by atoms with Gasteiger partial charge in [-0.2, -0.15) is 0 Å². The highest BCUT2D eigenvalue weighted by atomic mass is 16.4. The molecular formula is C18H23NO3. The van der Waals surface area contributed by atoms with E-state index in [-0.39, 0.29) is 17.7 Å². The average molecular weight is 301 g/mol. The van der Waals surface area contributed by atoms with Crippen LogP contribution in [0.4, 0.5) is 0 Å². The summed E-state index contributed by atoms with van der Waals surface area (Å²) in [6.07, 6.45) is 2.52. The lowest BCUT2D eigenvalue weighted by Gasteiger charge is -2.45. The molecule has 1 aromatic carbocycles. The topological polar surface area (TPSA) is 66.4 Å². The molecule has 0 radical (unpaired) electrons. The second-order valence-corrected chi connectivity index (χ2v) is 6.09. The number of carbonyl (C=O) groups excluding carboxylic acids is 1. The van der Waals surface area contributed by atoms with E-state index < -0.39 is 17.8 Å². The first-order chi connectivity index (χ1) is 10.5. The fraction of sp³-hybridized carbons (Fsp3) is 0.444. The van der Waals surface area contributed by atoms with Gasteiger partial charge < -0.3 is 10.4 Å². The number of benzene rings is 1. The average Bonchev–Trinajstić information content (AvgIpc) is 2.51. The number of carboxylic acids is 1. The second-order valence-electron chi connectivity index (χ2n) is 6.09. The van der Waals surface area contributed by atoms with Crippen LogP contribution in [0.15, 0.2) is 30.8 Å². The van der Waals surface area contributed by atoms with E-state index in [1.54, 1.807) is 6.08 Å². The Labute approximate surface area is 131 Å². The molecule has 1 aromatic rings. The Bertz CT molecular complexity index is 564. The molecule has 0 heterocycles. The van der Waals surface area contributed by atoms with Gasteiger partial charge in [-0.1, -0.05) is 50.8 Å². The Hall–Kier alpha value is -2.10. The molecule has 0 saturated heterocycles. The number of hydrogen-bond donors (Lipinski definition) is 2. The van der Waals surface area contributed by atoms with Crippen LogP contribution in [0.2, 0.25) is 0 Å². The highest BCUT2D eigenvalue weighted by molar-refractivity contribution is 5.87. The zero-order valence-electron chi connectivity index (χ0n) is 13.1. The third-order valence-electron chi connectivity index (χ3n) is 4.87. The van der Waals surface area contributed by atoms with Crippen molar-refractivity contribution < 1.29 is 14.7 Å². The molecule has 22 heavy (non-hydrogen) atoms. The van der Waals surface area contributed by atoms with Crippen molar-refractivity contribution >= 4 is 18.0 Å². The Balaban J connectivity index is 1.84. The van der Waals surface area contributed by atoms with E-state index in [9.17, 15) is 14.7 Å². The van der Waals surface area contributed by atoms with Gasteiger partial charge in [0.1, 0.15) is 0 Å². The smallest absolute Gasteiger partial charge is 0.307 e. The summed E-state index contributed by atoms with van der Waals surface area (Å²) < 4.78 is 0. The van der Waals surface area contributed by atoms with Gasteiger partial charge in [0.15, 0.2) is 0 Å². The zero-order chi connectivity index (χ0) is 16.3. The van der Waals surface area contributed by atoms with Gasteiger partial charge >= 0.3 is 5.97 Å². The van der Waals surface area contributed by atoms with Gasteiger partial charge in [-0.15, -0.1) is 0 Å². The monoisotopic (exact) mass is 301 g/mol. The van der Waals surface area contributed by atoms with E-state index in [2.05, 4.69) is 11.9 Å². The van der Waals surface area contributed by atoms with E-state index in [0.29, 0.717) is 6.54 Å². The number of carboxylic acid groups (broad SMARTS) is 1. The zero-order valence-corrected chi connectivity index (χ0v) is 13.1. The summed E-state index contributed by atoms with van der Waals surface area (Å²) in [5, 5.41) is 12.1. The first kappa shape index (κ1) is 16.3. The molecule has 1 aliphatic carbocycles.